The Balaban J connectivity index is 1.66. The molecular formula is C34H46F2N2O3. The molecule has 0 N–H and O–H groups in total. The molecule has 0 radical (unpaired) electrons. The van der Waals surface area contributed by atoms with Gasteiger partial charge in [-0.05, 0) is 84.5 Å². The van der Waals surface area contributed by atoms with Gasteiger partial charge in [-0.2, -0.15) is 14.0 Å². The van der Waals surface area contributed by atoms with Crippen LogP contribution in [0.4, 0.5) is 8.78 Å². The van der Waals surface area contributed by atoms with E-state index in [1.165, 1.54) is 11.9 Å². The average Bonchev–Trinajstić information content (AvgIpc) is 2.90. The lowest BCUT2D eigenvalue weighted by Gasteiger charge is -2.70. The van der Waals surface area contributed by atoms with E-state index in [9.17, 15) is 28.4 Å². The molecule has 5 aliphatic rings. The molecule has 5 rings (SSSR count). The van der Waals surface area contributed by atoms with Crippen LogP contribution in [0.2, 0.25) is 0 Å². The van der Waals surface area contributed by atoms with Gasteiger partial charge in [-0.3, -0.25) is 14.4 Å². The van der Waals surface area contributed by atoms with Crippen LogP contribution < -0.4 is 0 Å². The highest BCUT2D eigenvalue weighted by Crippen LogP contribution is 2.74. The largest absolute Gasteiger partial charge is 0.340 e. The zero-order valence-corrected chi connectivity index (χ0v) is 25.9. The molecule has 9 atom stereocenters. The molecule has 0 aromatic heterocycles. The number of hydrogen-bond donors (Lipinski definition) is 0. The Morgan fingerprint density at radius 3 is 2.34 bits per heavy atom. The molecule has 0 saturated heterocycles. The van der Waals surface area contributed by atoms with Crippen LogP contribution in [0.25, 0.3) is 0 Å². The smallest absolute Gasteiger partial charge is 0.315 e. The molecule has 7 heteroatoms. The minimum atomic E-state index is -3.04. The standard InChI is InChI=1S/C34H46F2N2O3/c1-19-9-12-34(18-38(8)29(41)28(35)36)14-13-33(7)26(25(34)20(19)2)22(39)15-24-31(5)16-21(17-37)27(40)30(3,4)23(31)10-11-32(24,33)6/h15-16,19-20,23,25-26,28H,9-14,18H2,1-8H3/t19-,20+,23+,25+,26-,31+,32-,33-,34-/m1/s1. The fourth-order valence-electron chi connectivity index (χ4n) is 11.0. The van der Waals surface area contributed by atoms with Crippen LogP contribution in [0.3, 0.4) is 0 Å². The summed E-state index contributed by atoms with van der Waals surface area (Å²) in [6.07, 6.45) is 5.67. The van der Waals surface area contributed by atoms with Gasteiger partial charge in [-0.15, -0.1) is 0 Å². The molecule has 3 saturated carbocycles. The van der Waals surface area contributed by atoms with Crippen molar-refractivity contribution in [2.75, 3.05) is 13.6 Å². The number of rotatable bonds is 3. The van der Waals surface area contributed by atoms with Gasteiger partial charge in [0.1, 0.15) is 6.07 Å². The van der Waals surface area contributed by atoms with Crippen LogP contribution in [0, 0.1) is 68.0 Å². The van der Waals surface area contributed by atoms with Gasteiger partial charge in [0.05, 0.1) is 5.57 Å². The molecule has 1 amide bonds. The molecule has 3 fully saturated rings. The van der Waals surface area contributed by atoms with Gasteiger partial charge in [-0.1, -0.05) is 60.1 Å². The van der Waals surface area contributed by atoms with Crippen molar-refractivity contribution >= 4 is 17.5 Å². The Kier molecular flexibility index (Phi) is 6.84. The maximum absolute atomic E-state index is 14.6. The van der Waals surface area contributed by atoms with E-state index in [1.54, 1.807) is 0 Å². The van der Waals surface area contributed by atoms with Gasteiger partial charge in [0.2, 0.25) is 0 Å². The first-order valence-corrected chi connectivity index (χ1v) is 15.4. The lowest BCUT2D eigenvalue weighted by Crippen LogP contribution is -2.66. The number of amides is 1. The minimum absolute atomic E-state index is 0.0165. The first-order valence-electron chi connectivity index (χ1n) is 15.4. The fraction of sp³-hybridized carbons (Fsp3) is 0.765. The Bertz CT molecular complexity index is 1290. The van der Waals surface area contributed by atoms with Gasteiger partial charge in [0, 0.05) is 30.3 Å². The number of halogens is 2. The third kappa shape index (κ3) is 3.84. The molecule has 0 bridgehead atoms. The van der Waals surface area contributed by atoms with Crippen molar-refractivity contribution in [1.82, 2.24) is 4.90 Å². The van der Waals surface area contributed by atoms with Crippen molar-refractivity contribution < 1.29 is 23.2 Å². The van der Waals surface area contributed by atoms with Gasteiger partial charge >= 0.3 is 6.43 Å². The average molecular weight is 569 g/mol. The first-order chi connectivity index (χ1) is 18.9. The molecule has 224 valence electrons. The van der Waals surface area contributed by atoms with E-state index >= 15 is 0 Å². The number of fused-ring (bicyclic) bond motifs is 7. The van der Waals surface area contributed by atoms with E-state index in [0.29, 0.717) is 5.92 Å². The zero-order valence-electron chi connectivity index (χ0n) is 25.9. The highest BCUT2D eigenvalue weighted by molar-refractivity contribution is 6.04. The van der Waals surface area contributed by atoms with Crippen molar-refractivity contribution in [2.24, 2.45) is 56.7 Å². The number of allylic oxidation sites excluding steroid dienone is 4. The predicted octanol–water partition coefficient (Wildman–Crippen LogP) is 6.79. The van der Waals surface area contributed by atoms with Gasteiger partial charge < -0.3 is 4.90 Å². The normalized spacial score (nSPS) is 44.9. The summed E-state index contributed by atoms with van der Waals surface area (Å²) in [6, 6.07) is 2.15. The summed E-state index contributed by atoms with van der Waals surface area (Å²) in [5.74, 6) is -0.920. The third-order valence-electron chi connectivity index (χ3n) is 13.5. The minimum Gasteiger partial charge on any atom is -0.340 e. The van der Waals surface area contributed by atoms with E-state index in [1.807, 2.05) is 26.0 Å². The van der Waals surface area contributed by atoms with Crippen LogP contribution in [-0.4, -0.2) is 42.4 Å². The first kappa shape index (κ1) is 30.1. The van der Waals surface area contributed by atoms with E-state index < -0.39 is 23.2 Å². The molecule has 0 spiro atoms. The van der Waals surface area contributed by atoms with Crippen molar-refractivity contribution in [3.8, 4) is 6.07 Å². The number of carbonyl (C=O) groups excluding carboxylic acids is 3. The van der Waals surface area contributed by atoms with Gasteiger partial charge in [0.15, 0.2) is 11.6 Å². The van der Waals surface area contributed by atoms with E-state index in [2.05, 4.69) is 40.7 Å². The van der Waals surface area contributed by atoms with E-state index in [4.69, 9.17) is 0 Å². The second-order valence-corrected chi connectivity index (χ2v) is 15.5. The maximum atomic E-state index is 14.6. The number of carbonyl (C=O) groups is 3. The van der Waals surface area contributed by atoms with Crippen molar-refractivity contribution in [2.45, 2.75) is 93.4 Å². The molecular weight excluding hydrogens is 522 g/mol. The number of nitriles is 1. The lowest BCUT2D eigenvalue weighted by atomic mass is 9.34. The summed E-state index contributed by atoms with van der Waals surface area (Å²) in [5, 5.41) is 9.91. The molecule has 0 aliphatic heterocycles. The number of ketones is 2. The van der Waals surface area contributed by atoms with Gasteiger partial charge in [-0.25, -0.2) is 0 Å². The Labute approximate surface area is 243 Å². The van der Waals surface area contributed by atoms with Crippen LogP contribution in [0.15, 0.2) is 23.3 Å². The molecule has 5 nitrogen and oxygen atoms in total. The zero-order chi connectivity index (χ0) is 30.5. The summed E-state index contributed by atoms with van der Waals surface area (Å²) in [4.78, 5) is 41.4. The molecule has 0 unspecified atom stereocenters. The summed E-state index contributed by atoms with van der Waals surface area (Å²) < 4.78 is 26.9. The monoisotopic (exact) mass is 568 g/mol. The number of nitrogens with zero attached hydrogens (tertiary/aromatic N) is 2. The highest BCUT2D eigenvalue weighted by atomic mass is 19.3. The summed E-state index contributed by atoms with van der Waals surface area (Å²) in [5.41, 5.74) is -1.17. The summed E-state index contributed by atoms with van der Waals surface area (Å²) >= 11 is 0. The topological polar surface area (TPSA) is 78.2 Å². The molecule has 0 aromatic rings. The lowest BCUT2D eigenvalue weighted by molar-refractivity contribution is -0.182. The SMILES string of the molecule is C[C@@H]1[C@H]2[C@H]3C(=O)C=C4[C@@]5(C)C=C(C#N)C(=O)C(C)(C)[C@@H]5CC[C@@]4(C)[C@]3(C)CC[C@@]2(CN(C)C(=O)C(F)F)CC[C@H]1C. The Hall–Kier alpha value is -2.36. The second kappa shape index (κ2) is 9.32. The molecule has 0 aromatic carbocycles. The van der Waals surface area contributed by atoms with Gasteiger partial charge in [0.25, 0.3) is 5.91 Å². The van der Waals surface area contributed by atoms with Crippen LogP contribution >= 0.6 is 0 Å². The van der Waals surface area contributed by atoms with Crippen LogP contribution in [0.1, 0.15) is 87.0 Å². The van der Waals surface area contributed by atoms with Crippen LogP contribution in [-0.2, 0) is 14.4 Å². The molecule has 41 heavy (non-hydrogen) atoms. The molecule has 5 aliphatic carbocycles. The number of hydrogen-bond acceptors (Lipinski definition) is 4. The van der Waals surface area contributed by atoms with Crippen molar-refractivity contribution in [1.29, 1.82) is 5.26 Å². The third-order valence-corrected chi connectivity index (χ3v) is 13.5. The second-order valence-electron chi connectivity index (χ2n) is 15.5. The number of Topliss-reactive ketones (excluding diaryl/α,β-unsaturated/α-hetero) is 1. The quantitative estimate of drug-likeness (QED) is 0.376. The molecule has 0 heterocycles. The predicted molar refractivity (Wildman–Crippen MR) is 152 cm³/mol. The summed E-state index contributed by atoms with van der Waals surface area (Å²) in [6.45, 7) is 15.3. The summed E-state index contributed by atoms with van der Waals surface area (Å²) in [7, 11) is 1.48. The number of alkyl halides is 2. The van der Waals surface area contributed by atoms with Crippen molar-refractivity contribution in [3.05, 3.63) is 23.3 Å². The highest BCUT2D eigenvalue weighted by Gasteiger charge is 2.70. The Morgan fingerprint density at radius 1 is 1.07 bits per heavy atom. The van der Waals surface area contributed by atoms with E-state index in [0.717, 1.165) is 44.1 Å². The fourth-order valence-corrected chi connectivity index (χ4v) is 11.0. The van der Waals surface area contributed by atoms with E-state index in [-0.39, 0.29) is 63.6 Å². The van der Waals surface area contributed by atoms with Crippen LogP contribution in [0.5, 0.6) is 0 Å². The maximum Gasteiger partial charge on any atom is 0.315 e. The van der Waals surface area contributed by atoms with Crippen molar-refractivity contribution in [3.63, 3.8) is 0 Å². The Morgan fingerprint density at radius 2 is 1.73 bits per heavy atom.